The van der Waals surface area contributed by atoms with Gasteiger partial charge in [0.25, 0.3) is 5.91 Å². The van der Waals surface area contributed by atoms with E-state index in [0.717, 1.165) is 22.4 Å². The normalized spacial score (nSPS) is 12.1. The SMILES string of the molecule is Cc1ccc(-c2csc(NC(=O)[C@H](COCc3ccccc3)NC(=O)OC(C)(C)C)n2)cc1. The topological polar surface area (TPSA) is 89.6 Å². The van der Waals surface area contributed by atoms with Crippen molar-refractivity contribution in [2.75, 3.05) is 11.9 Å². The molecule has 2 aromatic carbocycles. The number of benzene rings is 2. The molecule has 0 aliphatic heterocycles. The van der Waals surface area contributed by atoms with Gasteiger partial charge in [-0.1, -0.05) is 60.2 Å². The molecule has 0 saturated carbocycles. The van der Waals surface area contributed by atoms with Crippen molar-refractivity contribution in [2.45, 2.75) is 45.9 Å². The second-order valence-corrected chi connectivity index (χ2v) is 9.45. The zero-order valence-corrected chi connectivity index (χ0v) is 20.1. The maximum absolute atomic E-state index is 13.0. The molecule has 0 bridgehead atoms. The van der Waals surface area contributed by atoms with E-state index in [9.17, 15) is 9.59 Å². The first-order valence-electron chi connectivity index (χ1n) is 10.6. The molecule has 0 unspecified atom stereocenters. The molecule has 0 aliphatic carbocycles. The van der Waals surface area contributed by atoms with Crippen LogP contribution in [0.5, 0.6) is 0 Å². The summed E-state index contributed by atoms with van der Waals surface area (Å²) >= 11 is 1.32. The van der Waals surface area contributed by atoms with Crippen molar-refractivity contribution in [3.63, 3.8) is 0 Å². The van der Waals surface area contributed by atoms with Gasteiger partial charge in [0.1, 0.15) is 11.6 Å². The minimum absolute atomic E-state index is 0.0177. The lowest BCUT2D eigenvalue weighted by molar-refractivity contribution is -0.119. The Morgan fingerprint density at radius 1 is 1.06 bits per heavy atom. The van der Waals surface area contributed by atoms with Gasteiger partial charge in [0.2, 0.25) is 0 Å². The van der Waals surface area contributed by atoms with Crippen molar-refractivity contribution < 1.29 is 19.1 Å². The number of carbonyl (C=O) groups is 2. The second-order valence-electron chi connectivity index (χ2n) is 8.59. The van der Waals surface area contributed by atoms with Crippen LogP contribution in [0.15, 0.2) is 60.0 Å². The first-order chi connectivity index (χ1) is 15.7. The first-order valence-corrected chi connectivity index (χ1v) is 11.5. The van der Waals surface area contributed by atoms with Crippen LogP contribution in [0.25, 0.3) is 11.3 Å². The molecule has 0 spiro atoms. The van der Waals surface area contributed by atoms with Crippen LogP contribution in [0.3, 0.4) is 0 Å². The molecule has 1 aromatic heterocycles. The molecule has 0 fully saturated rings. The Kier molecular flexibility index (Phi) is 8.19. The number of carbonyl (C=O) groups excluding carboxylic acids is 2. The molecule has 1 atom stereocenters. The molecule has 1 heterocycles. The molecule has 0 radical (unpaired) electrons. The van der Waals surface area contributed by atoms with Gasteiger partial charge in [-0.2, -0.15) is 0 Å². The van der Waals surface area contributed by atoms with Gasteiger partial charge in [-0.15, -0.1) is 11.3 Å². The van der Waals surface area contributed by atoms with E-state index in [1.165, 1.54) is 11.3 Å². The van der Waals surface area contributed by atoms with Crippen molar-refractivity contribution in [3.05, 3.63) is 71.1 Å². The number of aryl methyl sites for hydroxylation is 1. The maximum atomic E-state index is 13.0. The number of anilines is 1. The Morgan fingerprint density at radius 2 is 1.76 bits per heavy atom. The summed E-state index contributed by atoms with van der Waals surface area (Å²) in [5, 5.41) is 7.70. The summed E-state index contributed by atoms with van der Waals surface area (Å²) in [6, 6.07) is 16.7. The largest absolute Gasteiger partial charge is 0.444 e. The first kappa shape index (κ1) is 24.4. The highest BCUT2D eigenvalue weighted by atomic mass is 32.1. The van der Waals surface area contributed by atoms with Gasteiger partial charge in [-0.3, -0.25) is 4.79 Å². The average molecular weight is 468 g/mol. The molecule has 2 amide bonds. The van der Waals surface area contributed by atoms with Crippen LogP contribution in [-0.4, -0.2) is 35.2 Å². The number of ether oxygens (including phenoxy) is 2. The highest BCUT2D eigenvalue weighted by Gasteiger charge is 2.25. The summed E-state index contributed by atoms with van der Waals surface area (Å²) in [7, 11) is 0. The fourth-order valence-electron chi connectivity index (χ4n) is 2.88. The summed E-state index contributed by atoms with van der Waals surface area (Å²) in [5.74, 6) is -0.432. The maximum Gasteiger partial charge on any atom is 0.408 e. The molecular formula is C25H29N3O4S. The van der Waals surface area contributed by atoms with Crippen LogP contribution in [0.1, 0.15) is 31.9 Å². The van der Waals surface area contributed by atoms with E-state index in [4.69, 9.17) is 9.47 Å². The van der Waals surface area contributed by atoms with Gasteiger partial charge in [0.05, 0.1) is 18.9 Å². The predicted molar refractivity (Wildman–Crippen MR) is 130 cm³/mol. The summed E-state index contributed by atoms with van der Waals surface area (Å²) in [5.41, 5.74) is 3.18. The molecule has 7 nitrogen and oxygen atoms in total. The van der Waals surface area contributed by atoms with Gasteiger partial charge in [0.15, 0.2) is 5.13 Å². The van der Waals surface area contributed by atoms with Gasteiger partial charge < -0.3 is 20.1 Å². The van der Waals surface area contributed by atoms with Crippen LogP contribution in [0.2, 0.25) is 0 Å². The standard InChI is InChI=1S/C25H29N3O4S/c1-17-10-12-19(13-11-17)21-16-33-23(26-21)28-22(29)20(27-24(30)32-25(2,3)4)15-31-14-18-8-6-5-7-9-18/h5-13,16,20H,14-15H2,1-4H3,(H,27,30)(H,26,28,29)/t20-/m0/s1. The minimum Gasteiger partial charge on any atom is -0.444 e. The number of hydrogen-bond donors (Lipinski definition) is 2. The molecule has 0 saturated heterocycles. The molecule has 3 aromatic rings. The Morgan fingerprint density at radius 3 is 2.42 bits per heavy atom. The molecule has 2 N–H and O–H groups in total. The lowest BCUT2D eigenvalue weighted by Crippen LogP contribution is -2.48. The van der Waals surface area contributed by atoms with Crippen molar-refractivity contribution in [2.24, 2.45) is 0 Å². The highest BCUT2D eigenvalue weighted by molar-refractivity contribution is 7.14. The average Bonchev–Trinajstić information content (AvgIpc) is 3.21. The van der Waals surface area contributed by atoms with E-state index in [1.54, 1.807) is 20.8 Å². The zero-order valence-electron chi connectivity index (χ0n) is 19.3. The third-order valence-corrected chi connectivity index (χ3v) is 5.24. The molecule has 8 heteroatoms. The molecule has 3 rings (SSSR count). The van der Waals surface area contributed by atoms with E-state index in [1.807, 2.05) is 66.9 Å². The summed E-state index contributed by atoms with van der Waals surface area (Å²) in [4.78, 5) is 29.7. The summed E-state index contributed by atoms with van der Waals surface area (Å²) < 4.78 is 11.0. The van der Waals surface area contributed by atoms with Crippen LogP contribution in [0.4, 0.5) is 9.93 Å². The van der Waals surface area contributed by atoms with Crippen molar-refractivity contribution in [1.29, 1.82) is 0 Å². The van der Waals surface area contributed by atoms with E-state index >= 15 is 0 Å². The third-order valence-electron chi connectivity index (χ3n) is 4.49. The van der Waals surface area contributed by atoms with E-state index < -0.39 is 23.6 Å². The van der Waals surface area contributed by atoms with Crippen molar-refractivity contribution >= 4 is 28.5 Å². The summed E-state index contributed by atoms with van der Waals surface area (Å²) in [6.07, 6.45) is -0.689. The quantitative estimate of drug-likeness (QED) is 0.477. The number of nitrogens with one attached hydrogen (secondary N) is 2. The molecule has 33 heavy (non-hydrogen) atoms. The molecular weight excluding hydrogens is 438 g/mol. The second kappa shape index (κ2) is 11.1. The fraction of sp³-hybridized carbons (Fsp3) is 0.320. The number of aromatic nitrogens is 1. The van der Waals surface area contributed by atoms with Crippen LogP contribution >= 0.6 is 11.3 Å². The number of hydrogen-bond acceptors (Lipinski definition) is 6. The van der Waals surface area contributed by atoms with Gasteiger partial charge >= 0.3 is 6.09 Å². The lowest BCUT2D eigenvalue weighted by atomic mass is 10.1. The number of amides is 2. The van der Waals surface area contributed by atoms with E-state index in [0.29, 0.717) is 11.7 Å². The Bertz CT molecular complexity index is 1060. The highest BCUT2D eigenvalue weighted by Crippen LogP contribution is 2.25. The van der Waals surface area contributed by atoms with E-state index in [-0.39, 0.29) is 6.61 Å². The number of alkyl carbamates (subject to hydrolysis) is 1. The van der Waals surface area contributed by atoms with Gasteiger partial charge in [0, 0.05) is 10.9 Å². The number of nitrogens with zero attached hydrogens (tertiary/aromatic N) is 1. The zero-order chi connectivity index (χ0) is 23.8. The van der Waals surface area contributed by atoms with Gasteiger partial charge in [-0.25, -0.2) is 9.78 Å². The van der Waals surface area contributed by atoms with Crippen molar-refractivity contribution in [1.82, 2.24) is 10.3 Å². The lowest BCUT2D eigenvalue weighted by Gasteiger charge is -2.23. The summed E-state index contributed by atoms with van der Waals surface area (Å²) in [6.45, 7) is 7.60. The molecule has 0 aliphatic rings. The fourth-order valence-corrected chi connectivity index (χ4v) is 3.60. The monoisotopic (exact) mass is 467 g/mol. The Balaban J connectivity index is 1.65. The van der Waals surface area contributed by atoms with E-state index in [2.05, 4.69) is 15.6 Å². The van der Waals surface area contributed by atoms with Crippen LogP contribution in [-0.2, 0) is 20.9 Å². The molecule has 174 valence electrons. The van der Waals surface area contributed by atoms with Crippen molar-refractivity contribution in [3.8, 4) is 11.3 Å². The van der Waals surface area contributed by atoms with Gasteiger partial charge in [-0.05, 0) is 33.3 Å². The third kappa shape index (κ3) is 8.00. The predicted octanol–water partition coefficient (Wildman–Crippen LogP) is 5.17. The number of thiazole rings is 1. The number of rotatable bonds is 8. The van der Waals surface area contributed by atoms with Crippen LogP contribution in [0, 0.1) is 6.92 Å². The smallest absolute Gasteiger partial charge is 0.408 e. The van der Waals surface area contributed by atoms with Crippen LogP contribution < -0.4 is 10.6 Å². The Labute approximate surface area is 198 Å². The Hall–Kier alpha value is -3.23. The minimum atomic E-state index is -0.949.